The van der Waals surface area contributed by atoms with E-state index in [1.54, 1.807) is 13.0 Å². The predicted molar refractivity (Wildman–Crippen MR) is 47.4 cm³/mol. The largest absolute Gasteiger partial charge is 0.513 e. The quantitative estimate of drug-likeness (QED) is 0.484. The van der Waals surface area contributed by atoms with Gasteiger partial charge in [-0.15, -0.1) is 0 Å². The fourth-order valence-electron chi connectivity index (χ4n) is 1.00. The maximum absolute atomic E-state index is 8.88. The SMILES string of the molecule is C=C/C(=C\C=C(/C)O)C1CC1. The summed E-state index contributed by atoms with van der Waals surface area (Å²) in [7, 11) is 0. The highest BCUT2D eigenvalue weighted by Crippen LogP contribution is 2.36. The molecule has 0 aromatic heterocycles. The minimum atomic E-state index is 0.352. The molecule has 1 N–H and O–H groups in total. The van der Waals surface area contributed by atoms with Crippen LogP contribution in [0.15, 0.2) is 36.1 Å². The summed E-state index contributed by atoms with van der Waals surface area (Å²) < 4.78 is 0. The molecule has 0 unspecified atom stereocenters. The van der Waals surface area contributed by atoms with Crippen molar-refractivity contribution in [1.82, 2.24) is 0 Å². The van der Waals surface area contributed by atoms with E-state index in [0.29, 0.717) is 11.7 Å². The van der Waals surface area contributed by atoms with Gasteiger partial charge in [0.25, 0.3) is 0 Å². The fraction of sp³-hybridized carbons (Fsp3) is 0.400. The average Bonchev–Trinajstić information content (AvgIpc) is 2.72. The highest BCUT2D eigenvalue weighted by atomic mass is 16.3. The molecule has 60 valence electrons. The molecule has 0 aromatic carbocycles. The van der Waals surface area contributed by atoms with Gasteiger partial charge in [0.1, 0.15) is 0 Å². The van der Waals surface area contributed by atoms with Crippen LogP contribution in [0.25, 0.3) is 0 Å². The number of aliphatic hydroxyl groups excluding tert-OH is 1. The molecule has 1 aliphatic carbocycles. The Balaban J connectivity index is 2.59. The Morgan fingerprint density at radius 2 is 2.09 bits per heavy atom. The van der Waals surface area contributed by atoms with E-state index in [4.69, 9.17) is 5.11 Å². The molecule has 0 amide bonds. The summed E-state index contributed by atoms with van der Waals surface area (Å²) in [5, 5.41) is 8.88. The number of hydrogen-bond donors (Lipinski definition) is 1. The molecule has 0 atom stereocenters. The Morgan fingerprint density at radius 1 is 1.45 bits per heavy atom. The summed E-state index contributed by atoms with van der Waals surface area (Å²) >= 11 is 0. The Morgan fingerprint density at radius 3 is 2.45 bits per heavy atom. The molecular formula is C10H14O. The van der Waals surface area contributed by atoms with Crippen LogP contribution >= 0.6 is 0 Å². The lowest BCUT2D eigenvalue weighted by Gasteiger charge is -1.94. The normalized spacial score (nSPS) is 20.1. The molecule has 0 saturated heterocycles. The van der Waals surface area contributed by atoms with Crippen molar-refractivity contribution in [3.63, 3.8) is 0 Å². The van der Waals surface area contributed by atoms with Gasteiger partial charge >= 0.3 is 0 Å². The molecule has 1 heteroatoms. The summed E-state index contributed by atoms with van der Waals surface area (Å²) in [5.41, 5.74) is 1.25. The maximum atomic E-state index is 8.88. The molecule has 1 saturated carbocycles. The van der Waals surface area contributed by atoms with E-state index in [1.807, 2.05) is 12.2 Å². The predicted octanol–water partition coefficient (Wildman–Crippen LogP) is 2.97. The van der Waals surface area contributed by atoms with E-state index in [1.165, 1.54) is 18.4 Å². The van der Waals surface area contributed by atoms with E-state index < -0.39 is 0 Å². The van der Waals surface area contributed by atoms with Gasteiger partial charge in [-0.25, -0.2) is 0 Å². The first kappa shape index (κ1) is 8.12. The average molecular weight is 150 g/mol. The number of aliphatic hydroxyl groups is 1. The van der Waals surface area contributed by atoms with Crippen LogP contribution < -0.4 is 0 Å². The lowest BCUT2D eigenvalue weighted by Crippen LogP contribution is -1.78. The Bertz CT molecular complexity index is 203. The van der Waals surface area contributed by atoms with Crippen molar-refractivity contribution in [2.75, 3.05) is 0 Å². The number of rotatable bonds is 3. The van der Waals surface area contributed by atoms with Gasteiger partial charge in [0, 0.05) is 0 Å². The minimum absolute atomic E-state index is 0.352. The summed E-state index contributed by atoms with van der Waals surface area (Å²) in [6, 6.07) is 0. The summed E-state index contributed by atoms with van der Waals surface area (Å²) in [5.74, 6) is 1.06. The van der Waals surface area contributed by atoms with Gasteiger partial charge in [-0.3, -0.25) is 0 Å². The minimum Gasteiger partial charge on any atom is -0.513 e. The van der Waals surface area contributed by atoms with Crippen LogP contribution in [0, 0.1) is 5.92 Å². The second-order valence-electron chi connectivity index (χ2n) is 2.95. The second-order valence-corrected chi connectivity index (χ2v) is 2.95. The number of hydrogen-bond acceptors (Lipinski definition) is 1. The molecule has 1 fully saturated rings. The lowest BCUT2D eigenvalue weighted by atomic mass is 10.1. The molecular weight excluding hydrogens is 136 g/mol. The molecule has 11 heavy (non-hydrogen) atoms. The topological polar surface area (TPSA) is 20.2 Å². The Hall–Kier alpha value is -0.980. The van der Waals surface area contributed by atoms with Crippen molar-refractivity contribution >= 4 is 0 Å². The van der Waals surface area contributed by atoms with E-state index in [-0.39, 0.29) is 0 Å². The molecule has 0 heterocycles. The van der Waals surface area contributed by atoms with Crippen molar-refractivity contribution < 1.29 is 5.11 Å². The van der Waals surface area contributed by atoms with Crippen LogP contribution in [0.5, 0.6) is 0 Å². The van der Waals surface area contributed by atoms with Crippen molar-refractivity contribution in [3.8, 4) is 0 Å². The van der Waals surface area contributed by atoms with Crippen LogP contribution in [0.1, 0.15) is 19.8 Å². The van der Waals surface area contributed by atoms with Crippen molar-refractivity contribution in [1.29, 1.82) is 0 Å². The first-order chi connectivity index (χ1) is 5.24. The van der Waals surface area contributed by atoms with Crippen molar-refractivity contribution in [2.24, 2.45) is 5.92 Å². The van der Waals surface area contributed by atoms with Crippen LogP contribution in [0.3, 0.4) is 0 Å². The monoisotopic (exact) mass is 150 g/mol. The van der Waals surface area contributed by atoms with Crippen molar-refractivity contribution in [3.05, 3.63) is 36.1 Å². The summed E-state index contributed by atoms with van der Waals surface area (Å²) in [6.45, 7) is 5.39. The van der Waals surface area contributed by atoms with Gasteiger partial charge in [-0.1, -0.05) is 18.7 Å². The fourth-order valence-corrected chi connectivity index (χ4v) is 1.00. The molecule has 0 bridgehead atoms. The summed E-state index contributed by atoms with van der Waals surface area (Å²) in [6.07, 6.45) is 8.08. The molecule has 1 aliphatic rings. The second kappa shape index (κ2) is 3.42. The standard InChI is InChI=1S/C10H14O/c1-3-9(10-6-7-10)5-4-8(2)11/h3-5,10-11H,1,6-7H2,2H3/b8-4+,9-5+. The van der Waals surface area contributed by atoms with E-state index in [0.717, 1.165) is 0 Å². The van der Waals surface area contributed by atoms with Crippen molar-refractivity contribution in [2.45, 2.75) is 19.8 Å². The van der Waals surface area contributed by atoms with Gasteiger partial charge in [0.15, 0.2) is 0 Å². The zero-order valence-electron chi connectivity index (χ0n) is 6.88. The highest BCUT2D eigenvalue weighted by Gasteiger charge is 2.23. The molecule has 1 nitrogen and oxygen atoms in total. The first-order valence-corrected chi connectivity index (χ1v) is 3.94. The molecule has 0 radical (unpaired) electrons. The van der Waals surface area contributed by atoms with Crippen LogP contribution in [-0.2, 0) is 0 Å². The first-order valence-electron chi connectivity index (χ1n) is 3.94. The Labute approximate surface area is 67.7 Å². The Kier molecular flexibility index (Phi) is 2.53. The maximum Gasteiger partial charge on any atom is 0.0891 e. The smallest absolute Gasteiger partial charge is 0.0891 e. The van der Waals surface area contributed by atoms with E-state index in [9.17, 15) is 0 Å². The van der Waals surface area contributed by atoms with Gasteiger partial charge in [0.2, 0.25) is 0 Å². The number of allylic oxidation sites excluding steroid dienone is 5. The van der Waals surface area contributed by atoms with Crippen LogP contribution in [-0.4, -0.2) is 5.11 Å². The van der Waals surface area contributed by atoms with E-state index in [2.05, 4.69) is 6.58 Å². The van der Waals surface area contributed by atoms with Gasteiger partial charge in [-0.2, -0.15) is 0 Å². The third-order valence-corrected chi connectivity index (χ3v) is 1.80. The van der Waals surface area contributed by atoms with Gasteiger partial charge in [-0.05, 0) is 37.3 Å². The summed E-state index contributed by atoms with van der Waals surface area (Å²) in [4.78, 5) is 0. The molecule has 0 spiro atoms. The molecule has 0 aromatic rings. The highest BCUT2D eigenvalue weighted by molar-refractivity contribution is 5.28. The lowest BCUT2D eigenvalue weighted by molar-refractivity contribution is 0.414. The van der Waals surface area contributed by atoms with Gasteiger partial charge in [0.05, 0.1) is 5.76 Å². The molecule has 1 rings (SSSR count). The third-order valence-electron chi connectivity index (χ3n) is 1.80. The van der Waals surface area contributed by atoms with Crippen LogP contribution in [0.2, 0.25) is 0 Å². The molecule has 0 aliphatic heterocycles. The zero-order chi connectivity index (χ0) is 8.27. The van der Waals surface area contributed by atoms with E-state index >= 15 is 0 Å². The zero-order valence-corrected chi connectivity index (χ0v) is 6.88. The van der Waals surface area contributed by atoms with Gasteiger partial charge < -0.3 is 5.11 Å². The van der Waals surface area contributed by atoms with Crippen LogP contribution in [0.4, 0.5) is 0 Å². The third kappa shape index (κ3) is 2.62.